The molecule has 0 radical (unpaired) electrons. The molecule has 3 aromatic heterocycles. The van der Waals surface area contributed by atoms with Crippen LogP contribution in [0.15, 0.2) is 35.1 Å². The van der Waals surface area contributed by atoms with Gasteiger partial charge in [-0.25, -0.2) is 9.97 Å². The van der Waals surface area contributed by atoms with Crippen molar-refractivity contribution >= 4 is 16.9 Å². The molecule has 3 aromatic rings. The van der Waals surface area contributed by atoms with E-state index < -0.39 is 18.5 Å². The quantitative estimate of drug-likeness (QED) is 0.674. The predicted molar refractivity (Wildman–Crippen MR) is 95.5 cm³/mol. The molecule has 6 nitrogen and oxygen atoms in total. The van der Waals surface area contributed by atoms with Gasteiger partial charge in [-0.05, 0) is 37.0 Å². The van der Waals surface area contributed by atoms with Crippen LogP contribution in [0, 0.1) is 5.92 Å². The summed E-state index contributed by atoms with van der Waals surface area (Å²) in [4.78, 5) is 25.4. The summed E-state index contributed by atoms with van der Waals surface area (Å²) in [5.41, 5.74) is 1.15. The zero-order chi connectivity index (χ0) is 19.7. The molecule has 1 saturated carbocycles. The Bertz CT molecular complexity index is 975. The SMILES string of the molecule is O=C(c1ccc(-c2ncnc3[nH]ccc23)o1)N(CCC(F)(F)F)CC1CCC1. The molecule has 0 unspecified atom stereocenters. The average Bonchev–Trinajstić information content (AvgIpc) is 3.28. The Hall–Kier alpha value is -2.84. The lowest BCUT2D eigenvalue weighted by Gasteiger charge is -2.32. The molecule has 1 fully saturated rings. The van der Waals surface area contributed by atoms with Crippen LogP contribution < -0.4 is 0 Å². The van der Waals surface area contributed by atoms with E-state index in [0.717, 1.165) is 24.6 Å². The molecule has 3 heterocycles. The summed E-state index contributed by atoms with van der Waals surface area (Å²) < 4.78 is 43.7. The fourth-order valence-corrected chi connectivity index (χ4v) is 3.33. The number of alkyl halides is 3. The first-order valence-corrected chi connectivity index (χ1v) is 9.15. The number of aromatic nitrogens is 3. The number of hydrogen-bond acceptors (Lipinski definition) is 4. The lowest BCUT2D eigenvalue weighted by molar-refractivity contribution is -0.137. The second-order valence-electron chi connectivity index (χ2n) is 7.04. The first kappa shape index (κ1) is 18.5. The van der Waals surface area contributed by atoms with E-state index in [0.29, 0.717) is 23.6 Å². The van der Waals surface area contributed by atoms with E-state index in [1.54, 1.807) is 18.3 Å². The number of nitrogens with one attached hydrogen (secondary N) is 1. The molecule has 0 aromatic carbocycles. The van der Waals surface area contributed by atoms with Crippen LogP contribution in [0.3, 0.4) is 0 Å². The predicted octanol–water partition coefficient (Wildman–Crippen LogP) is 4.41. The largest absolute Gasteiger partial charge is 0.449 e. The Morgan fingerprint density at radius 2 is 2.07 bits per heavy atom. The number of carbonyl (C=O) groups excluding carboxylic acids is 1. The second-order valence-corrected chi connectivity index (χ2v) is 7.04. The maximum atomic E-state index is 12.8. The van der Waals surface area contributed by atoms with Crippen LogP contribution in [0.25, 0.3) is 22.5 Å². The summed E-state index contributed by atoms with van der Waals surface area (Å²) in [6.45, 7) is -0.0507. The minimum Gasteiger partial charge on any atom is -0.449 e. The molecule has 1 aliphatic rings. The molecule has 148 valence electrons. The van der Waals surface area contributed by atoms with Gasteiger partial charge in [0.25, 0.3) is 5.91 Å². The van der Waals surface area contributed by atoms with Crippen LogP contribution in [0.1, 0.15) is 36.2 Å². The van der Waals surface area contributed by atoms with E-state index >= 15 is 0 Å². The lowest BCUT2D eigenvalue weighted by atomic mass is 9.85. The van der Waals surface area contributed by atoms with Gasteiger partial charge in [-0.1, -0.05) is 6.42 Å². The molecule has 0 atom stereocenters. The van der Waals surface area contributed by atoms with Gasteiger partial charge in [0.2, 0.25) is 0 Å². The van der Waals surface area contributed by atoms with Gasteiger partial charge < -0.3 is 14.3 Å². The smallest absolute Gasteiger partial charge is 0.390 e. The van der Waals surface area contributed by atoms with E-state index in [9.17, 15) is 18.0 Å². The van der Waals surface area contributed by atoms with E-state index in [1.165, 1.54) is 17.3 Å². The topological polar surface area (TPSA) is 75.0 Å². The standard InChI is InChI=1S/C19H19F3N4O2/c20-19(21,22)7-9-26(10-12-2-1-3-12)18(27)15-5-4-14(28-15)16-13-6-8-23-17(13)25-11-24-16/h4-6,8,11-12H,1-3,7,9-10H2,(H,23,24,25). The molecule has 1 amide bonds. The number of furan rings is 1. The van der Waals surface area contributed by atoms with Crippen molar-refractivity contribution in [3.8, 4) is 11.5 Å². The number of fused-ring (bicyclic) bond motifs is 1. The Kier molecular flexibility index (Phi) is 4.82. The van der Waals surface area contributed by atoms with Gasteiger partial charge in [0.05, 0.1) is 6.42 Å². The third-order valence-corrected chi connectivity index (χ3v) is 5.06. The number of nitrogens with zero attached hydrogens (tertiary/aromatic N) is 3. The van der Waals surface area contributed by atoms with Gasteiger partial charge in [0.1, 0.15) is 17.7 Å². The number of rotatable bonds is 6. The minimum atomic E-state index is -4.31. The van der Waals surface area contributed by atoms with Gasteiger partial charge in [-0.2, -0.15) is 13.2 Å². The van der Waals surface area contributed by atoms with Crippen molar-refractivity contribution in [1.29, 1.82) is 0 Å². The van der Waals surface area contributed by atoms with E-state index in [2.05, 4.69) is 15.0 Å². The monoisotopic (exact) mass is 392 g/mol. The summed E-state index contributed by atoms with van der Waals surface area (Å²) in [7, 11) is 0. The summed E-state index contributed by atoms with van der Waals surface area (Å²) in [6, 6.07) is 4.88. The number of H-pyrrole nitrogens is 1. The Balaban J connectivity index is 1.56. The van der Waals surface area contributed by atoms with Crippen molar-refractivity contribution in [2.75, 3.05) is 13.1 Å². The van der Waals surface area contributed by atoms with Crippen LogP contribution in [0.4, 0.5) is 13.2 Å². The van der Waals surface area contributed by atoms with Crippen molar-refractivity contribution in [1.82, 2.24) is 19.9 Å². The Labute approximate surface area is 158 Å². The first-order valence-electron chi connectivity index (χ1n) is 9.15. The molecule has 0 bridgehead atoms. The average molecular weight is 392 g/mol. The molecular formula is C19H19F3N4O2. The van der Waals surface area contributed by atoms with Crippen LogP contribution in [-0.2, 0) is 0 Å². The highest BCUT2D eigenvalue weighted by Crippen LogP contribution is 2.30. The summed E-state index contributed by atoms with van der Waals surface area (Å²) in [5, 5.41) is 0.735. The van der Waals surface area contributed by atoms with Gasteiger partial charge in [0, 0.05) is 24.7 Å². The minimum absolute atomic E-state index is 0.0128. The molecule has 0 aliphatic heterocycles. The highest BCUT2D eigenvalue weighted by atomic mass is 19.4. The fourth-order valence-electron chi connectivity index (χ4n) is 3.33. The lowest BCUT2D eigenvalue weighted by Crippen LogP contribution is -2.39. The van der Waals surface area contributed by atoms with Crippen LogP contribution in [-0.4, -0.2) is 45.0 Å². The normalized spacial score (nSPS) is 15.0. The molecule has 0 spiro atoms. The highest BCUT2D eigenvalue weighted by molar-refractivity contribution is 5.93. The first-order chi connectivity index (χ1) is 13.4. The molecule has 1 N–H and O–H groups in total. The number of halogens is 3. The molecular weight excluding hydrogens is 373 g/mol. The number of amides is 1. The Morgan fingerprint density at radius 3 is 2.79 bits per heavy atom. The van der Waals surface area contributed by atoms with Crippen molar-refractivity contribution in [3.63, 3.8) is 0 Å². The van der Waals surface area contributed by atoms with Gasteiger partial charge in [-0.15, -0.1) is 0 Å². The van der Waals surface area contributed by atoms with Crippen LogP contribution in [0.2, 0.25) is 0 Å². The fraction of sp³-hybridized carbons (Fsp3) is 0.421. The van der Waals surface area contributed by atoms with Crippen LogP contribution >= 0.6 is 0 Å². The second kappa shape index (κ2) is 7.29. The molecule has 9 heteroatoms. The van der Waals surface area contributed by atoms with Gasteiger partial charge >= 0.3 is 6.18 Å². The van der Waals surface area contributed by atoms with Crippen LogP contribution in [0.5, 0.6) is 0 Å². The van der Waals surface area contributed by atoms with Crippen molar-refractivity contribution in [3.05, 3.63) is 36.5 Å². The molecule has 4 rings (SSSR count). The van der Waals surface area contributed by atoms with Crippen molar-refractivity contribution < 1.29 is 22.4 Å². The Morgan fingerprint density at radius 1 is 1.25 bits per heavy atom. The van der Waals surface area contributed by atoms with E-state index in [1.807, 2.05) is 0 Å². The summed E-state index contributed by atoms with van der Waals surface area (Å²) >= 11 is 0. The molecule has 28 heavy (non-hydrogen) atoms. The third-order valence-electron chi connectivity index (χ3n) is 5.06. The maximum absolute atomic E-state index is 12.8. The van der Waals surface area contributed by atoms with Gasteiger partial charge in [-0.3, -0.25) is 4.79 Å². The zero-order valence-electron chi connectivity index (χ0n) is 15.0. The van der Waals surface area contributed by atoms with E-state index in [-0.39, 0.29) is 18.2 Å². The highest BCUT2D eigenvalue weighted by Gasteiger charge is 2.32. The maximum Gasteiger partial charge on any atom is 0.390 e. The zero-order valence-corrected chi connectivity index (χ0v) is 15.0. The molecule has 1 aliphatic carbocycles. The third kappa shape index (κ3) is 3.88. The summed E-state index contributed by atoms with van der Waals surface area (Å²) in [5.74, 6) is 0.114. The number of hydrogen-bond donors (Lipinski definition) is 1. The molecule has 0 saturated heterocycles. The van der Waals surface area contributed by atoms with Crippen molar-refractivity contribution in [2.24, 2.45) is 5.92 Å². The number of carbonyl (C=O) groups is 1. The number of aromatic amines is 1. The summed E-state index contributed by atoms with van der Waals surface area (Å²) in [6.07, 6.45) is 0.677. The van der Waals surface area contributed by atoms with E-state index in [4.69, 9.17) is 4.42 Å². The van der Waals surface area contributed by atoms with Crippen molar-refractivity contribution in [2.45, 2.75) is 31.9 Å². The van der Waals surface area contributed by atoms with Gasteiger partial charge in [0.15, 0.2) is 11.5 Å².